The summed E-state index contributed by atoms with van der Waals surface area (Å²) in [6.45, 7) is 6.47. The van der Waals surface area contributed by atoms with E-state index in [4.69, 9.17) is 4.18 Å². The summed E-state index contributed by atoms with van der Waals surface area (Å²) in [6.07, 6.45) is -1.28. The van der Waals surface area contributed by atoms with E-state index in [9.17, 15) is 9.90 Å². The Bertz CT molecular complexity index is 858. The molecule has 0 bridgehead atoms. The van der Waals surface area contributed by atoms with Crippen molar-refractivity contribution in [2.75, 3.05) is 0 Å². The first-order chi connectivity index (χ1) is 12.8. The Morgan fingerprint density at radius 1 is 0.741 bits per heavy atom. The Kier molecular flexibility index (Phi) is 5.29. The van der Waals surface area contributed by atoms with Gasteiger partial charge in [0.25, 0.3) is 0 Å². The molecule has 0 atom stereocenters. The second-order valence-electron chi connectivity index (χ2n) is 7.31. The van der Waals surface area contributed by atoms with E-state index in [2.05, 4.69) is 32.9 Å². The van der Waals surface area contributed by atoms with Gasteiger partial charge in [-0.25, -0.2) is 4.79 Å². The predicted molar refractivity (Wildman–Crippen MR) is 110 cm³/mol. The van der Waals surface area contributed by atoms with Crippen molar-refractivity contribution in [3.63, 3.8) is 0 Å². The number of carbonyl (C=O) groups is 1. The zero-order valence-corrected chi connectivity index (χ0v) is 16.6. The largest absolute Gasteiger partial charge is 0.517 e. The molecule has 0 radical (unpaired) electrons. The first-order valence-corrected chi connectivity index (χ1v) is 10.4. The van der Waals surface area contributed by atoms with E-state index in [1.165, 1.54) is 5.56 Å². The summed E-state index contributed by atoms with van der Waals surface area (Å²) in [5, 5.41) is 9.62. The van der Waals surface area contributed by atoms with Crippen LogP contribution >= 0.6 is 10.3 Å². The highest BCUT2D eigenvalue weighted by Crippen LogP contribution is 2.69. The van der Waals surface area contributed by atoms with Gasteiger partial charge < -0.3 is 9.29 Å². The molecule has 0 saturated carbocycles. The van der Waals surface area contributed by atoms with Crippen LogP contribution in [0.3, 0.4) is 0 Å². The maximum Gasteiger partial charge on any atom is 0.517 e. The van der Waals surface area contributed by atoms with Crippen molar-refractivity contribution in [1.82, 2.24) is 0 Å². The second kappa shape index (κ2) is 7.49. The predicted octanol–water partition coefficient (Wildman–Crippen LogP) is 6.88. The fourth-order valence-electron chi connectivity index (χ4n) is 3.03. The Balaban J connectivity index is 2.27. The molecule has 0 saturated heterocycles. The van der Waals surface area contributed by atoms with Gasteiger partial charge >= 0.3 is 6.16 Å². The van der Waals surface area contributed by atoms with Gasteiger partial charge in [0.15, 0.2) is 0 Å². The molecule has 3 rings (SSSR count). The second-order valence-corrected chi connectivity index (χ2v) is 10.00. The number of benzene rings is 3. The lowest BCUT2D eigenvalue weighted by Crippen LogP contribution is -2.14. The molecular weight excluding hydrogens is 356 g/mol. The Hall–Kier alpha value is -2.72. The molecule has 0 aliphatic heterocycles. The number of rotatable bonds is 4. The molecule has 1 N–H and O–H groups in total. The van der Waals surface area contributed by atoms with Crippen LogP contribution in [0.1, 0.15) is 26.3 Å². The quantitative estimate of drug-likeness (QED) is 0.537. The van der Waals surface area contributed by atoms with Crippen molar-refractivity contribution in [3.8, 4) is 0 Å². The highest BCUT2D eigenvalue weighted by molar-refractivity contribution is 8.30. The smallest absolute Gasteiger partial charge is 0.449 e. The summed E-state index contributed by atoms with van der Waals surface area (Å²) in [4.78, 5) is 14.3. The van der Waals surface area contributed by atoms with E-state index in [0.717, 1.165) is 14.7 Å². The first-order valence-electron chi connectivity index (χ1n) is 8.80. The molecule has 4 heteroatoms. The van der Waals surface area contributed by atoms with Gasteiger partial charge in [-0.3, -0.25) is 0 Å². The molecule has 3 aromatic carbocycles. The van der Waals surface area contributed by atoms with Crippen molar-refractivity contribution >= 4 is 16.5 Å². The van der Waals surface area contributed by atoms with Crippen LogP contribution in [0.4, 0.5) is 4.79 Å². The molecular formula is C23H24O3S. The fourth-order valence-corrected chi connectivity index (χ4v) is 5.95. The average Bonchev–Trinajstić information content (AvgIpc) is 2.67. The van der Waals surface area contributed by atoms with Crippen molar-refractivity contribution in [1.29, 1.82) is 0 Å². The average molecular weight is 381 g/mol. The molecule has 3 nitrogen and oxygen atoms in total. The highest BCUT2D eigenvalue weighted by Gasteiger charge is 2.35. The summed E-state index contributed by atoms with van der Waals surface area (Å²) < 4.78 is 5.72. The van der Waals surface area contributed by atoms with Crippen LogP contribution in [0, 0.1) is 0 Å². The van der Waals surface area contributed by atoms with Crippen molar-refractivity contribution in [2.24, 2.45) is 0 Å². The zero-order valence-electron chi connectivity index (χ0n) is 15.8. The van der Waals surface area contributed by atoms with Crippen LogP contribution in [-0.2, 0) is 9.60 Å². The van der Waals surface area contributed by atoms with Gasteiger partial charge in [0, 0.05) is 14.7 Å². The Morgan fingerprint density at radius 3 is 1.52 bits per heavy atom. The topological polar surface area (TPSA) is 46.5 Å². The molecule has 3 aromatic rings. The molecule has 0 aliphatic carbocycles. The lowest BCUT2D eigenvalue weighted by Gasteiger charge is -2.38. The summed E-state index contributed by atoms with van der Waals surface area (Å²) in [5.41, 5.74) is 1.21. The molecule has 0 aromatic heterocycles. The maximum absolute atomic E-state index is 11.8. The van der Waals surface area contributed by atoms with Gasteiger partial charge in [-0.1, -0.05) is 69.3 Å². The first kappa shape index (κ1) is 19.1. The van der Waals surface area contributed by atoms with Crippen LogP contribution in [0.2, 0.25) is 0 Å². The summed E-state index contributed by atoms with van der Waals surface area (Å²) in [6, 6.07) is 27.3. The van der Waals surface area contributed by atoms with E-state index in [0.29, 0.717) is 0 Å². The van der Waals surface area contributed by atoms with Gasteiger partial charge in [-0.2, -0.15) is 0 Å². The van der Waals surface area contributed by atoms with Crippen molar-refractivity contribution in [2.45, 2.75) is 40.9 Å². The van der Waals surface area contributed by atoms with Crippen LogP contribution < -0.4 is 0 Å². The van der Waals surface area contributed by atoms with E-state index in [-0.39, 0.29) is 5.41 Å². The van der Waals surface area contributed by atoms with Crippen LogP contribution in [0.15, 0.2) is 99.6 Å². The van der Waals surface area contributed by atoms with Gasteiger partial charge in [0.05, 0.1) is 0 Å². The minimum atomic E-state index is -2.39. The zero-order chi connectivity index (χ0) is 19.5. The van der Waals surface area contributed by atoms with Gasteiger partial charge in [-0.15, -0.1) is 0 Å². The minimum Gasteiger partial charge on any atom is -0.449 e. The molecule has 0 spiro atoms. The Labute approximate surface area is 162 Å². The monoisotopic (exact) mass is 380 g/mol. The van der Waals surface area contributed by atoms with Crippen LogP contribution in [0.5, 0.6) is 0 Å². The van der Waals surface area contributed by atoms with E-state index >= 15 is 0 Å². The van der Waals surface area contributed by atoms with Gasteiger partial charge in [0.1, 0.15) is 0 Å². The molecule has 0 unspecified atom stereocenters. The van der Waals surface area contributed by atoms with E-state index in [1.807, 2.05) is 72.8 Å². The lowest BCUT2D eigenvalue weighted by molar-refractivity contribution is 0.150. The Morgan fingerprint density at radius 2 is 1.15 bits per heavy atom. The standard InChI is InChI=1S/C23H24O3S/c1-23(2,3)18-14-16-21(17-15-18)27(26-22(24)25,19-10-6-4-7-11-19)20-12-8-5-9-13-20/h4-17H,1-3H3,(H,24,25). The highest BCUT2D eigenvalue weighted by atomic mass is 32.3. The molecule has 0 amide bonds. The SMILES string of the molecule is CC(C)(C)c1ccc(S(OC(=O)O)(c2ccccc2)c2ccccc2)cc1. The van der Waals surface area contributed by atoms with Crippen molar-refractivity contribution in [3.05, 3.63) is 90.5 Å². The number of hydrogen-bond acceptors (Lipinski definition) is 2. The van der Waals surface area contributed by atoms with Crippen LogP contribution in [-0.4, -0.2) is 11.3 Å². The normalized spacial score (nSPS) is 12.4. The lowest BCUT2D eigenvalue weighted by atomic mass is 9.87. The minimum absolute atomic E-state index is 0.0175. The molecule has 0 fully saturated rings. The molecule has 27 heavy (non-hydrogen) atoms. The fraction of sp³-hybridized carbons (Fsp3) is 0.174. The van der Waals surface area contributed by atoms with E-state index < -0.39 is 16.5 Å². The number of hydrogen-bond donors (Lipinski definition) is 1. The molecule has 140 valence electrons. The summed E-state index contributed by atoms with van der Waals surface area (Å²) >= 11 is 0. The maximum atomic E-state index is 11.8. The van der Waals surface area contributed by atoms with Crippen LogP contribution in [0.25, 0.3) is 0 Å². The van der Waals surface area contributed by atoms with E-state index in [1.54, 1.807) is 0 Å². The third-order valence-corrected chi connectivity index (χ3v) is 7.60. The number of carboxylic acid groups (broad SMARTS) is 1. The van der Waals surface area contributed by atoms with Gasteiger partial charge in [-0.05, 0) is 57.7 Å². The third kappa shape index (κ3) is 3.86. The van der Waals surface area contributed by atoms with Crippen molar-refractivity contribution < 1.29 is 14.1 Å². The summed E-state index contributed by atoms with van der Waals surface area (Å²) in [7, 11) is -2.39. The molecule has 0 heterocycles. The summed E-state index contributed by atoms with van der Waals surface area (Å²) in [5.74, 6) is 0. The molecule has 0 aliphatic rings. The third-order valence-electron chi connectivity index (χ3n) is 4.40. The van der Waals surface area contributed by atoms with Gasteiger partial charge in [0.2, 0.25) is 0 Å².